The minimum atomic E-state index is -0.266. The van der Waals surface area contributed by atoms with E-state index in [0.29, 0.717) is 18.0 Å². The Kier molecular flexibility index (Phi) is 6.66. The number of aromatic amines is 1. The third kappa shape index (κ3) is 4.73. The summed E-state index contributed by atoms with van der Waals surface area (Å²) in [5, 5.41) is 7.00. The SMILES string of the molecule is COc1ccc([C@@H](CNC(=O)Nc2ccc(Br)cc2)c2c[nH]c3ccccc23)cc1OC. The van der Waals surface area contributed by atoms with Gasteiger partial charge in [-0.3, -0.25) is 0 Å². The average molecular weight is 494 g/mol. The van der Waals surface area contributed by atoms with Gasteiger partial charge in [-0.1, -0.05) is 40.2 Å². The number of carbonyl (C=O) groups excluding carboxylic acids is 1. The van der Waals surface area contributed by atoms with Gasteiger partial charge in [0.2, 0.25) is 0 Å². The number of ether oxygens (including phenoxy) is 2. The number of halogens is 1. The molecule has 3 aromatic carbocycles. The molecule has 164 valence electrons. The van der Waals surface area contributed by atoms with Crippen molar-refractivity contribution >= 4 is 38.6 Å². The molecule has 3 N–H and O–H groups in total. The number of hydrogen-bond donors (Lipinski definition) is 3. The molecule has 0 aliphatic rings. The van der Waals surface area contributed by atoms with Crippen LogP contribution in [0, 0.1) is 0 Å². The summed E-state index contributed by atoms with van der Waals surface area (Å²) >= 11 is 3.40. The number of para-hydroxylation sites is 1. The molecule has 32 heavy (non-hydrogen) atoms. The van der Waals surface area contributed by atoms with Crippen molar-refractivity contribution in [2.45, 2.75) is 5.92 Å². The first kappa shape index (κ1) is 21.8. The molecule has 0 bridgehead atoms. The molecule has 0 radical (unpaired) electrons. The third-order valence-electron chi connectivity index (χ3n) is 5.38. The van der Waals surface area contributed by atoms with Crippen molar-refractivity contribution in [3.63, 3.8) is 0 Å². The van der Waals surface area contributed by atoms with E-state index in [1.165, 1.54) is 0 Å². The fraction of sp³-hybridized carbons (Fsp3) is 0.160. The van der Waals surface area contributed by atoms with Gasteiger partial charge in [0.25, 0.3) is 0 Å². The summed E-state index contributed by atoms with van der Waals surface area (Å²) in [5.74, 6) is 1.21. The van der Waals surface area contributed by atoms with Crippen molar-refractivity contribution in [3.05, 3.63) is 88.5 Å². The van der Waals surface area contributed by atoms with Crippen LogP contribution in [0.4, 0.5) is 10.5 Å². The summed E-state index contributed by atoms with van der Waals surface area (Å²) in [6.07, 6.45) is 2.00. The molecule has 0 saturated heterocycles. The van der Waals surface area contributed by atoms with E-state index in [1.54, 1.807) is 14.2 Å². The van der Waals surface area contributed by atoms with E-state index >= 15 is 0 Å². The number of urea groups is 1. The number of aromatic nitrogens is 1. The van der Waals surface area contributed by atoms with Gasteiger partial charge in [0, 0.05) is 39.7 Å². The Morgan fingerprint density at radius 2 is 1.75 bits per heavy atom. The quantitative estimate of drug-likeness (QED) is 0.300. The first-order chi connectivity index (χ1) is 15.6. The molecule has 0 saturated carbocycles. The maximum atomic E-state index is 12.6. The van der Waals surface area contributed by atoms with Crippen molar-refractivity contribution in [1.29, 1.82) is 0 Å². The highest BCUT2D eigenvalue weighted by Gasteiger charge is 2.21. The van der Waals surface area contributed by atoms with Crippen LogP contribution in [0.25, 0.3) is 10.9 Å². The van der Waals surface area contributed by atoms with E-state index in [4.69, 9.17) is 9.47 Å². The van der Waals surface area contributed by atoms with E-state index in [9.17, 15) is 4.79 Å². The van der Waals surface area contributed by atoms with Gasteiger partial charge in [0.15, 0.2) is 11.5 Å². The predicted molar refractivity (Wildman–Crippen MR) is 131 cm³/mol. The molecule has 0 fully saturated rings. The van der Waals surface area contributed by atoms with Gasteiger partial charge in [0.1, 0.15) is 0 Å². The molecule has 1 atom stereocenters. The summed E-state index contributed by atoms with van der Waals surface area (Å²) in [6.45, 7) is 0.402. The van der Waals surface area contributed by atoms with E-state index in [0.717, 1.165) is 32.2 Å². The molecule has 6 nitrogen and oxygen atoms in total. The second kappa shape index (κ2) is 9.78. The van der Waals surface area contributed by atoms with Crippen LogP contribution >= 0.6 is 15.9 Å². The van der Waals surface area contributed by atoms with Gasteiger partial charge >= 0.3 is 6.03 Å². The molecule has 4 aromatic rings. The lowest BCUT2D eigenvalue weighted by molar-refractivity contribution is 0.252. The summed E-state index contributed by atoms with van der Waals surface area (Å²) in [7, 11) is 3.23. The molecule has 7 heteroatoms. The highest BCUT2D eigenvalue weighted by atomic mass is 79.9. The van der Waals surface area contributed by atoms with Gasteiger partial charge in [0.05, 0.1) is 14.2 Å². The number of anilines is 1. The maximum Gasteiger partial charge on any atom is 0.319 e. The molecular weight excluding hydrogens is 470 g/mol. The minimum Gasteiger partial charge on any atom is -0.493 e. The lowest BCUT2D eigenvalue weighted by atomic mass is 9.90. The highest BCUT2D eigenvalue weighted by Crippen LogP contribution is 2.35. The lowest BCUT2D eigenvalue weighted by Gasteiger charge is -2.20. The number of nitrogens with one attached hydrogen (secondary N) is 3. The summed E-state index contributed by atoms with van der Waals surface area (Å²) in [5.41, 5.74) is 3.88. The van der Waals surface area contributed by atoms with Gasteiger partial charge < -0.3 is 25.1 Å². The number of H-pyrrole nitrogens is 1. The van der Waals surface area contributed by atoms with Crippen molar-refractivity contribution < 1.29 is 14.3 Å². The van der Waals surface area contributed by atoms with Crippen molar-refractivity contribution in [2.75, 3.05) is 26.1 Å². The van der Waals surface area contributed by atoms with Gasteiger partial charge in [-0.25, -0.2) is 4.79 Å². The smallest absolute Gasteiger partial charge is 0.319 e. The first-order valence-electron chi connectivity index (χ1n) is 10.2. The van der Waals surface area contributed by atoms with E-state index in [2.05, 4.69) is 37.6 Å². The van der Waals surface area contributed by atoms with E-state index in [1.807, 2.05) is 66.9 Å². The van der Waals surface area contributed by atoms with Crippen LogP contribution in [0.15, 0.2) is 77.4 Å². The Hall–Kier alpha value is -3.45. The fourth-order valence-corrected chi connectivity index (χ4v) is 4.03. The van der Waals surface area contributed by atoms with E-state index < -0.39 is 0 Å². The van der Waals surface area contributed by atoms with E-state index in [-0.39, 0.29) is 11.9 Å². The molecular formula is C25H24BrN3O3. The minimum absolute atomic E-state index is 0.0957. The highest BCUT2D eigenvalue weighted by molar-refractivity contribution is 9.10. The largest absolute Gasteiger partial charge is 0.493 e. The molecule has 1 heterocycles. The predicted octanol–water partition coefficient (Wildman–Crippen LogP) is 5.90. The molecule has 0 aliphatic heterocycles. The van der Waals surface area contributed by atoms with Crippen LogP contribution in [-0.4, -0.2) is 31.8 Å². The Bertz CT molecular complexity index is 1220. The number of benzene rings is 3. The van der Waals surface area contributed by atoms with Gasteiger partial charge in [-0.15, -0.1) is 0 Å². The van der Waals surface area contributed by atoms with Gasteiger partial charge in [-0.05, 0) is 53.6 Å². The molecule has 0 unspecified atom stereocenters. The maximum absolute atomic E-state index is 12.6. The fourth-order valence-electron chi connectivity index (χ4n) is 3.76. The van der Waals surface area contributed by atoms with Crippen LogP contribution in [0.3, 0.4) is 0 Å². The standard InChI is InChI=1S/C25H24BrN3O3/c1-31-23-12-7-16(13-24(23)32-2)20(21-15-27-22-6-4-3-5-19(21)22)14-28-25(30)29-18-10-8-17(26)9-11-18/h3-13,15,20,27H,14H2,1-2H3,(H2,28,29,30)/t20-/m1/s1. The van der Waals surface area contributed by atoms with Crippen LogP contribution in [0.2, 0.25) is 0 Å². The average Bonchev–Trinajstić information content (AvgIpc) is 3.24. The van der Waals surface area contributed by atoms with Crippen LogP contribution < -0.4 is 20.1 Å². The summed E-state index contributed by atoms with van der Waals surface area (Å²) < 4.78 is 11.9. The number of fused-ring (bicyclic) bond motifs is 1. The van der Waals surface area contributed by atoms with Crippen molar-refractivity contribution in [1.82, 2.24) is 10.3 Å². The van der Waals surface area contributed by atoms with Gasteiger partial charge in [-0.2, -0.15) is 0 Å². The van der Waals surface area contributed by atoms with Crippen LogP contribution in [0.5, 0.6) is 11.5 Å². The number of rotatable bonds is 7. The molecule has 1 aromatic heterocycles. The zero-order valence-electron chi connectivity index (χ0n) is 17.8. The Morgan fingerprint density at radius 3 is 2.50 bits per heavy atom. The molecule has 2 amide bonds. The normalized spacial score (nSPS) is 11.7. The zero-order valence-corrected chi connectivity index (χ0v) is 19.4. The second-order valence-corrected chi connectivity index (χ2v) is 8.21. The molecule has 0 aliphatic carbocycles. The number of carbonyl (C=O) groups is 1. The zero-order chi connectivity index (χ0) is 22.5. The molecule has 0 spiro atoms. The lowest BCUT2D eigenvalue weighted by Crippen LogP contribution is -2.32. The Labute approximate surface area is 195 Å². The van der Waals surface area contributed by atoms with Crippen LogP contribution in [0.1, 0.15) is 17.0 Å². The summed E-state index contributed by atoms with van der Waals surface area (Å²) in [6, 6.07) is 21.2. The number of hydrogen-bond acceptors (Lipinski definition) is 3. The Balaban J connectivity index is 1.62. The van der Waals surface area contributed by atoms with Crippen molar-refractivity contribution in [3.8, 4) is 11.5 Å². The summed E-state index contributed by atoms with van der Waals surface area (Å²) in [4.78, 5) is 15.9. The topological polar surface area (TPSA) is 75.4 Å². The third-order valence-corrected chi connectivity index (χ3v) is 5.90. The monoisotopic (exact) mass is 493 g/mol. The van der Waals surface area contributed by atoms with Crippen LogP contribution in [-0.2, 0) is 0 Å². The number of amides is 2. The molecule has 4 rings (SSSR count). The Morgan fingerprint density at radius 1 is 1.00 bits per heavy atom. The first-order valence-corrected chi connectivity index (χ1v) is 11.0. The second-order valence-electron chi connectivity index (χ2n) is 7.30. The van der Waals surface area contributed by atoms with Crippen molar-refractivity contribution in [2.24, 2.45) is 0 Å². The number of methoxy groups -OCH3 is 2.